The number of benzene rings is 2. The number of carbonyl (C=O) groups excluding carboxylic acids is 2. The summed E-state index contributed by atoms with van der Waals surface area (Å²) in [5.74, 6) is 0.339. The highest BCUT2D eigenvalue weighted by atomic mass is 79.9. The number of rotatable bonds is 7. The Bertz CT molecular complexity index is 806. The van der Waals surface area contributed by atoms with Crippen LogP contribution in [0.3, 0.4) is 0 Å². The molecule has 6 nitrogen and oxygen atoms in total. The van der Waals surface area contributed by atoms with E-state index >= 15 is 0 Å². The molecule has 0 spiro atoms. The molecule has 2 aromatic rings. The van der Waals surface area contributed by atoms with Crippen LogP contribution in [-0.2, 0) is 9.59 Å². The molecule has 0 aromatic heterocycles. The van der Waals surface area contributed by atoms with Gasteiger partial charge in [0.15, 0.2) is 6.10 Å². The van der Waals surface area contributed by atoms with Crippen LogP contribution in [0.2, 0.25) is 0 Å². The Morgan fingerprint density at radius 2 is 1.74 bits per heavy atom. The van der Waals surface area contributed by atoms with Gasteiger partial charge in [-0.15, -0.1) is 0 Å². The van der Waals surface area contributed by atoms with Crippen molar-refractivity contribution in [3.63, 3.8) is 0 Å². The summed E-state index contributed by atoms with van der Waals surface area (Å²) in [7, 11) is 0. The lowest BCUT2D eigenvalue weighted by Crippen LogP contribution is -2.46. The van der Waals surface area contributed by atoms with Crippen molar-refractivity contribution in [2.24, 2.45) is 0 Å². The van der Waals surface area contributed by atoms with Gasteiger partial charge in [0.2, 0.25) is 0 Å². The number of ether oxygens (including phenoxy) is 2. The zero-order chi connectivity index (χ0) is 19.6. The lowest BCUT2D eigenvalue weighted by Gasteiger charge is -2.15. The van der Waals surface area contributed by atoms with Gasteiger partial charge in [-0.05, 0) is 55.8 Å². The van der Waals surface area contributed by atoms with Crippen LogP contribution in [-0.4, -0.2) is 24.5 Å². The van der Waals surface area contributed by atoms with Crippen LogP contribution in [0.25, 0.3) is 6.08 Å². The number of hydrogen-bond donors (Lipinski definition) is 2. The van der Waals surface area contributed by atoms with Gasteiger partial charge in [-0.25, -0.2) is 0 Å². The SMILES string of the molecule is CCOc1ccc(OC(C)C(=O)NNC(=O)/C=C/c2ccccc2Br)cc1. The molecule has 27 heavy (non-hydrogen) atoms. The minimum Gasteiger partial charge on any atom is -0.494 e. The number of hydrogen-bond acceptors (Lipinski definition) is 4. The van der Waals surface area contributed by atoms with Crippen LogP contribution in [0.4, 0.5) is 0 Å². The molecule has 1 atom stereocenters. The van der Waals surface area contributed by atoms with Gasteiger partial charge in [-0.1, -0.05) is 34.1 Å². The summed E-state index contributed by atoms with van der Waals surface area (Å²) in [5, 5.41) is 0. The third-order valence-electron chi connectivity index (χ3n) is 3.45. The monoisotopic (exact) mass is 432 g/mol. The van der Waals surface area contributed by atoms with Crippen LogP contribution in [0.1, 0.15) is 19.4 Å². The standard InChI is InChI=1S/C20H21BrN2O4/c1-3-26-16-9-11-17(12-10-16)27-14(2)20(25)23-22-19(24)13-8-15-6-4-5-7-18(15)21/h4-14H,3H2,1-2H3,(H,22,24)(H,23,25)/b13-8+. The summed E-state index contributed by atoms with van der Waals surface area (Å²) in [5.41, 5.74) is 5.51. The van der Waals surface area contributed by atoms with Crippen LogP contribution in [0, 0.1) is 0 Å². The summed E-state index contributed by atoms with van der Waals surface area (Å²) in [6.45, 7) is 4.07. The minimum absolute atomic E-state index is 0.452. The van der Waals surface area contributed by atoms with Crippen molar-refractivity contribution in [3.8, 4) is 11.5 Å². The van der Waals surface area contributed by atoms with E-state index in [0.717, 1.165) is 15.8 Å². The summed E-state index contributed by atoms with van der Waals surface area (Å²) >= 11 is 3.40. The lowest BCUT2D eigenvalue weighted by molar-refractivity contribution is -0.131. The zero-order valence-electron chi connectivity index (χ0n) is 15.1. The van der Waals surface area contributed by atoms with Gasteiger partial charge >= 0.3 is 0 Å². The number of hydrazine groups is 1. The Morgan fingerprint density at radius 3 is 2.41 bits per heavy atom. The second-order valence-corrected chi connectivity index (χ2v) is 6.35. The third-order valence-corrected chi connectivity index (χ3v) is 4.17. The van der Waals surface area contributed by atoms with Gasteiger partial charge in [0.05, 0.1) is 6.61 Å². The van der Waals surface area contributed by atoms with Gasteiger partial charge in [0.25, 0.3) is 11.8 Å². The molecule has 0 saturated heterocycles. The summed E-state index contributed by atoms with van der Waals surface area (Å²) in [4.78, 5) is 23.9. The van der Waals surface area contributed by atoms with E-state index in [-0.39, 0.29) is 0 Å². The molecule has 2 amide bonds. The van der Waals surface area contributed by atoms with Crippen LogP contribution < -0.4 is 20.3 Å². The summed E-state index contributed by atoms with van der Waals surface area (Å²) in [6, 6.07) is 14.4. The van der Waals surface area contributed by atoms with Crippen LogP contribution in [0.5, 0.6) is 11.5 Å². The van der Waals surface area contributed by atoms with Crippen molar-refractivity contribution in [1.29, 1.82) is 0 Å². The molecule has 2 N–H and O–H groups in total. The molecule has 0 aliphatic carbocycles. The number of carbonyl (C=O) groups is 2. The molecule has 0 saturated carbocycles. The maximum Gasteiger partial charge on any atom is 0.279 e. The second kappa shape index (κ2) is 10.4. The van der Waals surface area contributed by atoms with Crippen molar-refractivity contribution in [2.75, 3.05) is 6.61 Å². The van der Waals surface area contributed by atoms with Crippen molar-refractivity contribution < 1.29 is 19.1 Å². The largest absolute Gasteiger partial charge is 0.494 e. The van der Waals surface area contributed by atoms with Crippen molar-refractivity contribution in [2.45, 2.75) is 20.0 Å². The van der Waals surface area contributed by atoms with E-state index in [1.165, 1.54) is 6.08 Å². The van der Waals surface area contributed by atoms with Crippen molar-refractivity contribution in [1.82, 2.24) is 10.9 Å². The van der Waals surface area contributed by atoms with Crippen LogP contribution in [0.15, 0.2) is 59.1 Å². The van der Waals surface area contributed by atoms with Gasteiger partial charge < -0.3 is 9.47 Å². The van der Waals surface area contributed by atoms with Gasteiger partial charge in [0.1, 0.15) is 11.5 Å². The molecule has 142 valence electrons. The van der Waals surface area contributed by atoms with E-state index in [4.69, 9.17) is 9.47 Å². The molecule has 7 heteroatoms. The molecule has 0 aliphatic heterocycles. The van der Waals surface area contributed by atoms with Gasteiger partial charge in [-0.3, -0.25) is 20.4 Å². The predicted molar refractivity (Wildman–Crippen MR) is 107 cm³/mol. The quantitative estimate of drug-likeness (QED) is 0.518. The predicted octanol–water partition coefficient (Wildman–Crippen LogP) is 3.48. The molecule has 0 radical (unpaired) electrons. The summed E-state index contributed by atoms with van der Waals surface area (Å²) < 4.78 is 11.8. The number of amides is 2. The maximum atomic E-state index is 12.0. The number of nitrogens with one attached hydrogen (secondary N) is 2. The Kier molecular flexibility index (Phi) is 7.88. The molecule has 0 bridgehead atoms. The fourth-order valence-corrected chi connectivity index (χ4v) is 2.50. The van der Waals surface area contributed by atoms with E-state index < -0.39 is 17.9 Å². The van der Waals surface area contributed by atoms with E-state index in [1.54, 1.807) is 37.3 Å². The number of halogens is 1. The highest BCUT2D eigenvalue weighted by molar-refractivity contribution is 9.10. The topological polar surface area (TPSA) is 76.7 Å². The average Bonchev–Trinajstić information content (AvgIpc) is 2.67. The Balaban J connectivity index is 1.80. The van der Waals surface area contributed by atoms with Crippen molar-refractivity contribution in [3.05, 3.63) is 64.6 Å². The first-order chi connectivity index (χ1) is 13.0. The Hall–Kier alpha value is -2.80. The van der Waals surface area contributed by atoms with E-state index in [0.29, 0.717) is 12.4 Å². The van der Waals surface area contributed by atoms with Gasteiger partial charge in [0, 0.05) is 10.5 Å². The Labute approximate surface area is 166 Å². The molecule has 2 aromatic carbocycles. The molecular formula is C20H21BrN2O4. The molecule has 2 rings (SSSR count). The van der Waals surface area contributed by atoms with E-state index in [1.807, 2.05) is 31.2 Å². The zero-order valence-corrected chi connectivity index (χ0v) is 16.7. The fourth-order valence-electron chi connectivity index (χ4n) is 2.08. The molecule has 0 aliphatic rings. The smallest absolute Gasteiger partial charge is 0.279 e. The molecular weight excluding hydrogens is 412 g/mol. The third kappa shape index (κ3) is 6.79. The molecule has 0 heterocycles. The minimum atomic E-state index is -0.782. The Morgan fingerprint density at radius 1 is 1.07 bits per heavy atom. The first-order valence-corrected chi connectivity index (χ1v) is 9.21. The van der Waals surface area contributed by atoms with E-state index in [2.05, 4.69) is 26.8 Å². The second-order valence-electron chi connectivity index (χ2n) is 5.50. The fraction of sp³-hybridized carbons (Fsp3) is 0.200. The van der Waals surface area contributed by atoms with Gasteiger partial charge in [-0.2, -0.15) is 0 Å². The first-order valence-electron chi connectivity index (χ1n) is 8.41. The average molecular weight is 433 g/mol. The lowest BCUT2D eigenvalue weighted by atomic mass is 10.2. The molecule has 1 unspecified atom stereocenters. The van der Waals surface area contributed by atoms with E-state index in [9.17, 15) is 9.59 Å². The first kappa shape index (κ1) is 20.5. The maximum absolute atomic E-state index is 12.0. The molecule has 0 fully saturated rings. The van der Waals surface area contributed by atoms with Crippen LogP contribution >= 0.6 is 15.9 Å². The highest BCUT2D eigenvalue weighted by Gasteiger charge is 2.15. The summed E-state index contributed by atoms with van der Waals surface area (Å²) in [6.07, 6.45) is 2.19. The normalized spacial score (nSPS) is 11.7. The highest BCUT2D eigenvalue weighted by Crippen LogP contribution is 2.19. The van der Waals surface area contributed by atoms with Crippen molar-refractivity contribution >= 4 is 33.8 Å².